The summed E-state index contributed by atoms with van der Waals surface area (Å²) in [4.78, 5) is 10.9. The third-order valence-corrected chi connectivity index (χ3v) is 2.73. The molecule has 0 heterocycles. The molecule has 3 heteroatoms. The van der Waals surface area contributed by atoms with Gasteiger partial charge in [0.2, 0.25) is 0 Å². The van der Waals surface area contributed by atoms with Crippen molar-refractivity contribution in [2.45, 2.75) is 32.1 Å². The summed E-state index contributed by atoms with van der Waals surface area (Å²) in [5.41, 5.74) is 0.513. The fraction of sp³-hybridized carbons (Fsp3) is 0.727. The first-order valence-electron chi connectivity index (χ1n) is 5.32. The number of carboxylic acid groups (broad SMARTS) is 1. The highest BCUT2D eigenvalue weighted by atomic mass is 16.4. The van der Waals surface area contributed by atoms with E-state index in [0.717, 1.165) is 12.8 Å². The van der Waals surface area contributed by atoms with Crippen molar-refractivity contribution >= 4 is 5.97 Å². The number of likely N-dealkylation sites (N-methyl/N-ethyl adjacent to an activating group) is 1. The van der Waals surface area contributed by atoms with Crippen molar-refractivity contribution in [3.05, 3.63) is 11.6 Å². The Kier molecular flexibility index (Phi) is 4.66. The fourth-order valence-corrected chi connectivity index (χ4v) is 1.98. The Morgan fingerprint density at radius 3 is 2.57 bits per heavy atom. The van der Waals surface area contributed by atoms with Crippen LogP contribution in [0, 0.1) is 5.92 Å². The Morgan fingerprint density at radius 2 is 2.07 bits per heavy atom. The van der Waals surface area contributed by atoms with E-state index in [2.05, 4.69) is 5.32 Å². The predicted molar refractivity (Wildman–Crippen MR) is 56.2 cm³/mol. The summed E-state index contributed by atoms with van der Waals surface area (Å²) in [5.74, 6) is -0.298. The van der Waals surface area contributed by atoms with Crippen LogP contribution in [-0.2, 0) is 4.79 Å². The normalized spacial score (nSPS) is 19.6. The molecule has 1 aliphatic rings. The first-order valence-corrected chi connectivity index (χ1v) is 5.32. The van der Waals surface area contributed by atoms with Gasteiger partial charge in [0.1, 0.15) is 0 Å². The van der Waals surface area contributed by atoms with E-state index in [-0.39, 0.29) is 0 Å². The molecule has 1 fully saturated rings. The standard InChI is InChI=1S/C11H19NO2/c1-12-8-10(11(13)14)7-9-5-3-2-4-6-9/h7,9,12H,2-6,8H2,1H3,(H,13,14). The number of hydrogen-bond acceptors (Lipinski definition) is 2. The van der Waals surface area contributed by atoms with Gasteiger partial charge in [-0.05, 0) is 25.8 Å². The maximum atomic E-state index is 10.9. The molecule has 0 aromatic rings. The molecule has 0 bridgehead atoms. The third kappa shape index (κ3) is 3.50. The second-order valence-electron chi connectivity index (χ2n) is 3.93. The first-order chi connectivity index (χ1) is 6.74. The van der Waals surface area contributed by atoms with Crippen LogP contribution >= 0.6 is 0 Å². The van der Waals surface area contributed by atoms with E-state index in [9.17, 15) is 4.79 Å². The van der Waals surface area contributed by atoms with Gasteiger partial charge in [0.15, 0.2) is 0 Å². The number of hydrogen-bond donors (Lipinski definition) is 2. The van der Waals surface area contributed by atoms with Gasteiger partial charge in [0.05, 0.1) is 0 Å². The van der Waals surface area contributed by atoms with Gasteiger partial charge >= 0.3 is 5.97 Å². The van der Waals surface area contributed by atoms with Crippen molar-refractivity contribution < 1.29 is 9.90 Å². The van der Waals surface area contributed by atoms with Gasteiger partial charge in [0.25, 0.3) is 0 Å². The van der Waals surface area contributed by atoms with Crippen LogP contribution in [0.4, 0.5) is 0 Å². The quantitative estimate of drug-likeness (QED) is 0.676. The summed E-state index contributed by atoms with van der Waals surface area (Å²) < 4.78 is 0. The van der Waals surface area contributed by atoms with Crippen molar-refractivity contribution in [2.24, 2.45) is 5.92 Å². The molecule has 0 aromatic heterocycles. The van der Waals surface area contributed by atoms with Crippen LogP contribution < -0.4 is 5.32 Å². The molecule has 1 saturated carbocycles. The Balaban J connectivity index is 2.55. The Labute approximate surface area is 85.2 Å². The Hall–Kier alpha value is -0.830. The summed E-state index contributed by atoms with van der Waals surface area (Å²) in [7, 11) is 1.78. The summed E-state index contributed by atoms with van der Waals surface area (Å²) in [5, 5.41) is 11.8. The lowest BCUT2D eigenvalue weighted by atomic mass is 9.88. The number of nitrogens with one attached hydrogen (secondary N) is 1. The molecule has 0 atom stereocenters. The number of aliphatic carboxylic acids is 1. The molecule has 1 rings (SSSR count). The van der Waals surface area contributed by atoms with E-state index in [0.29, 0.717) is 18.0 Å². The summed E-state index contributed by atoms with van der Waals surface area (Å²) in [6, 6.07) is 0. The third-order valence-electron chi connectivity index (χ3n) is 2.73. The maximum Gasteiger partial charge on any atom is 0.332 e. The number of rotatable bonds is 4. The maximum absolute atomic E-state index is 10.9. The van der Waals surface area contributed by atoms with E-state index in [1.165, 1.54) is 19.3 Å². The van der Waals surface area contributed by atoms with Crippen LogP contribution in [-0.4, -0.2) is 24.7 Å². The molecule has 0 amide bonds. The minimum atomic E-state index is -0.787. The number of carboxylic acids is 1. The Morgan fingerprint density at radius 1 is 1.43 bits per heavy atom. The lowest BCUT2D eigenvalue weighted by Gasteiger charge is -2.18. The van der Waals surface area contributed by atoms with E-state index >= 15 is 0 Å². The molecule has 0 radical (unpaired) electrons. The van der Waals surface area contributed by atoms with Gasteiger partial charge in [-0.1, -0.05) is 25.3 Å². The molecule has 0 saturated heterocycles. The second-order valence-corrected chi connectivity index (χ2v) is 3.93. The minimum absolute atomic E-state index is 0.464. The predicted octanol–water partition coefficient (Wildman–Crippen LogP) is 1.80. The SMILES string of the molecule is CNCC(=CC1CCCCC1)C(=O)O. The summed E-state index contributed by atoms with van der Waals surface area (Å²) in [6.45, 7) is 0.464. The van der Waals surface area contributed by atoms with Crippen LogP contribution in [0.25, 0.3) is 0 Å². The number of carbonyl (C=O) groups is 1. The Bertz CT molecular complexity index is 217. The molecule has 2 N–H and O–H groups in total. The van der Waals surface area contributed by atoms with Gasteiger partial charge in [-0.15, -0.1) is 0 Å². The van der Waals surface area contributed by atoms with E-state index in [1.54, 1.807) is 7.05 Å². The van der Waals surface area contributed by atoms with Gasteiger partial charge in [0, 0.05) is 12.1 Å². The van der Waals surface area contributed by atoms with E-state index < -0.39 is 5.97 Å². The van der Waals surface area contributed by atoms with Gasteiger partial charge < -0.3 is 10.4 Å². The lowest BCUT2D eigenvalue weighted by molar-refractivity contribution is -0.132. The summed E-state index contributed by atoms with van der Waals surface area (Å²) >= 11 is 0. The first kappa shape index (κ1) is 11.2. The molecule has 0 spiro atoms. The highest BCUT2D eigenvalue weighted by Gasteiger charge is 2.14. The molecule has 80 valence electrons. The number of allylic oxidation sites excluding steroid dienone is 1. The fourth-order valence-electron chi connectivity index (χ4n) is 1.98. The molecule has 1 aliphatic carbocycles. The van der Waals surface area contributed by atoms with Crippen LogP contribution in [0.1, 0.15) is 32.1 Å². The molecule has 14 heavy (non-hydrogen) atoms. The van der Waals surface area contributed by atoms with Gasteiger partial charge in [-0.25, -0.2) is 4.79 Å². The largest absolute Gasteiger partial charge is 0.478 e. The molecule has 0 unspecified atom stereocenters. The zero-order chi connectivity index (χ0) is 10.4. The lowest BCUT2D eigenvalue weighted by Crippen LogP contribution is -2.18. The molecular formula is C11H19NO2. The van der Waals surface area contributed by atoms with Crippen LogP contribution in [0.3, 0.4) is 0 Å². The molecule has 0 aromatic carbocycles. The van der Waals surface area contributed by atoms with Crippen LogP contribution in [0.15, 0.2) is 11.6 Å². The van der Waals surface area contributed by atoms with Gasteiger partial charge in [-0.2, -0.15) is 0 Å². The van der Waals surface area contributed by atoms with Crippen molar-refractivity contribution in [3.63, 3.8) is 0 Å². The molecular weight excluding hydrogens is 178 g/mol. The van der Waals surface area contributed by atoms with Crippen molar-refractivity contribution in [1.82, 2.24) is 5.32 Å². The van der Waals surface area contributed by atoms with Gasteiger partial charge in [-0.3, -0.25) is 0 Å². The van der Waals surface area contributed by atoms with E-state index in [4.69, 9.17) is 5.11 Å². The zero-order valence-electron chi connectivity index (χ0n) is 8.75. The van der Waals surface area contributed by atoms with Crippen molar-refractivity contribution in [2.75, 3.05) is 13.6 Å². The highest BCUT2D eigenvalue weighted by Crippen LogP contribution is 2.25. The molecule has 0 aliphatic heterocycles. The van der Waals surface area contributed by atoms with Crippen molar-refractivity contribution in [1.29, 1.82) is 0 Å². The van der Waals surface area contributed by atoms with Crippen LogP contribution in [0.2, 0.25) is 0 Å². The highest BCUT2D eigenvalue weighted by molar-refractivity contribution is 5.87. The molecule has 3 nitrogen and oxygen atoms in total. The summed E-state index contributed by atoms with van der Waals surface area (Å²) in [6.07, 6.45) is 8.04. The monoisotopic (exact) mass is 197 g/mol. The second kappa shape index (κ2) is 5.81. The minimum Gasteiger partial charge on any atom is -0.478 e. The van der Waals surface area contributed by atoms with E-state index in [1.807, 2.05) is 6.08 Å². The topological polar surface area (TPSA) is 49.3 Å². The smallest absolute Gasteiger partial charge is 0.332 e. The van der Waals surface area contributed by atoms with Crippen molar-refractivity contribution in [3.8, 4) is 0 Å². The average molecular weight is 197 g/mol. The van der Waals surface area contributed by atoms with Crippen LogP contribution in [0.5, 0.6) is 0 Å². The zero-order valence-corrected chi connectivity index (χ0v) is 8.75. The average Bonchev–Trinajstić information content (AvgIpc) is 2.18.